The zero-order chi connectivity index (χ0) is 14.5. The second kappa shape index (κ2) is 6.65. The van der Waals surface area contributed by atoms with Gasteiger partial charge in [-0.2, -0.15) is 4.31 Å². The van der Waals surface area contributed by atoms with Crippen LogP contribution in [0.3, 0.4) is 0 Å². The van der Waals surface area contributed by atoms with E-state index >= 15 is 0 Å². The molecule has 1 aromatic rings. The maximum Gasteiger partial charge on any atom is 0.274 e. The van der Waals surface area contributed by atoms with E-state index in [1.165, 1.54) is 35.7 Å². The number of benzene rings is 1. The Hall–Kier alpha value is -1.44. The number of nitrogens with zero attached hydrogens (tertiary/aromatic N) is 1. The molecule has 0 radical (unpaired) electrons. The van der Waals surface area contributed by atoms with Crippen molar-refractivity contribution in [2.75, 3.05) is 20.2 Å². The van der Waals surface area contributed by atoms with Crippen LogP contribution in [0.5, 0.6) is 0 Å². The highest BCUT2D eigenvalue weighted by Gasteiger charge is 2.22. The Kier molecular flexibility index (Phi) is 5.46. The Morgan fingerprint density at radius 2 is 1.95 bits per heavy atom. The lowest BCUT2D eigenvalue weighted by atomic mass is 10.2. The molecule has 0 heterocycles. The molecule has 0 bridgehead atoms. The lowest BCUT2D eigenvalue weighted by Gasteiger charge is -2.18. The largest absolute Gasteiger partial charge is 0.277 e. The van der Waals surface area contributed by atoms with Gasteiger partial charge in [0.2, 0.25) is 10.0 Å². The predicted molar refractivity (Wildman–Crippen MR) is 71.0 cm³/mol. The average Bonchev–Trinajstić information content (AvgIpc) is 2.40. The Labute approximate surface area is 113 Å². The Bertz CT molecular complexity index is 538. The van der Waals surface area contributed by atoms with Crippen molar-refractivity contribution >= 4 is 15.9 Å². The van der Waals surface area contributed by atoms with Crippen LogP contribution in [-0.2, 0) is 14.9 Å². The maximum atomic E-state index is 12.3. The van der Waals surface area contributed by atoms with Crippen LogP contribution in [0.4, 0.5) is 0 Å². The van der Waals surface area contributed by atoms with Gasteiger partial charge in [0, 0.05) is 18.7 Å². The van der Waals surface area contributed by atoms with Crippen LogP contribution in [0.25, 0.3) is 0 Å². The first-order chi connectivity index (χ1) is 8.97. The van der Waals surface area contributed by atoms with Crippen LogP contribution < -0.4 is 5.48 Å². The summed E-state index contributed by atoms with van der Waals surface area (Å²) in [5, 5.41) is 0. The SMILES string of the molecule is CCN(CC)S(=O)(=O)c1cccc(C(=O)NOC)c1. The van der Waals surface area contributed by atoms with Gasteiger partial charge in [-0.3, -0.25) is 9.63 Å². The van der Waals surface area contributed by atoms with E-state index in [0.29, 0.717) is 13.1 Å². The number of amides is 1. The fraction of sp³-hybridized carbons (Fsp3) is 0.417. The van der Waals surface area contributed by atoms with Crippen molar-refractivity contribution in [3.05, 3.63) is 29.8 Å². The minimum absolute atomic E-state index is 0.0972. The Morgan fingerprint density at radius 1 is 1.32 bits per heavy atom. The van der Waals surface area contributed by atoms with E-state index in [2.05, 4.69) is 10.3 Å². The van der Waals surface area contributed by atoms with Crippen LogP contribution in [0, 0.1) is 0 Å². The second-order valence-electron chi connectivity index (χ2n) is 3.75. The molecule has 0 spiro atoms. The monoisotopic (exact) mass is 286 g/mol. The van der Waals surface area contributed by atoms with Crippen molar-refractivity contribution in [3.8, 4) is 0 Å². The summed E-state index contributed by atoms with van der Waals surface area (Å²) in [5.74, 6) is -0.487. The third kappa shape index (κ3) is 3.52. The first-order valence-corrected chi connectivity index (χ1v) is 7.34. The smallest absolute Gasteiger partial charge is 0.274 e. The molecule has 0 aliphatic rings. The quantitative estimate of drug-likeness (QED) is 0.792. The highest BCUT2D eigenvalue weighted by molar-refractivity contribution is 7.89. The predicted octanol–water partition coefficient (Wildman–Crippen LogP) is 1.01. The molecule has 1 amide bonds. The third-order valence-electron chi connectivity index (χ3n) is 2.63. The van der Waals surface area contributed by atoms with Gasteiger partial charge in [-0.05, 0) is 18.2 Å². The molecule has 6 nitrogen and oxygen atoms in total. The summed E-state index contributed by atoms with van der Waals surface area (Å²) in [6.45, 7) is 4.30. The molecule has 7 heteroatoms. The Balaban J connectivity index is 3.15. The first-order valence-electron chi connectivity index (χ1n) is 5.90. The van der Waals surface area contributed by atoms with Crippen LogP contribution in [0.2, 0.25) is 0 Å². The van der Waals surface area contributed by atoms with E-state index in [-0.39, 0.29) is 10.5 Å². The molecule has 0 aliphatic carbocycles. The normalized spacial score (nSPS) is 11.6. The van der Waals surface area contributed by atoms with Gasteiger partial charge in [-0.1, -0.05) is 19.9 Å². The summed E-state index contributed by atoms with van der Waals surface area (Å²) >= 11 is 0. The van der Waals surface area contributed by atoms with E-state index in [4.69, 9.17) is 0 Å². The van der Waals surface area contributed by atoms with Gasteiger partial charge in [-0.25, -0.2) is 13.9 Å². The van der Waals surface area contributed by atoms with Crippen LogP contribution >= 0.6 is 0 Å². The van der Waals surface area contributed by atoms with E-state index in [1.807, 2.05) is 0 Å². The number of hydrogen-bond acceptors (Lipinski definition) is 4. The van der Waals surface area contributed by atoms with Gasteiger partial charge < -0.3 is 0 Å². The van der Waals surface area contributed by atoms with Crippen molar-refractivity contribution in [1.29, 1.82) is 0 Å². The Morgan fingerprint density at radius 3 is 2.47 bits per heavy atom. The number of hydroxylamine groups is 1. The zero-order valence-electron chi connectivity index (χ0n) is 11.2. The molecule has 0 aliphatic heterocycles. The highest BCUT2D eigenvalue weighted by atomic mass is 32.2. The van der Waals surface area contributed by atoms with Gasteiger partial charge in [0.15, 0.2) is 0 Å². The van der Waals surface area contributed by atoms with Gasteiger partial charge in [0.05, 0.1) is 12.0 Å². The molecule has 0 fully saturated rings. The molecule has 1 N–H and O–H groups in total. The first kappa shape index (κ1) is 15.6. The summed E-state index contributed by atoms with van der Waals surface area (Å²) in [7, 11) is -2.25. The van der Waals surface area contributed by atoms with Crippen LogP contribution in [0.15, 0.2) is 29.2 Å². The summed E-state index contributed by atoms with van der Waals surface area (Å²) in [6, 6.07) is 5.86. The van der Waals surface area contributed by atoms with Crippen molar-refractivity contribution in [3.63, 3.8) is 0 Å². The third-order valence-corrected chi connectivity index (χ3v) is 4.68. The molecule has 1 rings (SSSR count). The van der Waals surface area contributed by atoms with Crippen molar-refractivity contribution in [1.82, 2.24) is 9.79 Å². The number of carbonyl (C=O) groups excluding carboxylic acids is 1. The number of sulfonamides is 1. The topological polar surface area (TPSA) is 75.7 Å². The fourth-order valence-corrected chi connectivity index (χ4v) is 3.17. The minimum atomic E-state index is -3.56. The molecular weight excluding hydrogens is 268 g/mol. The maximum absolute atomic E-state index is 12.3. The number of hydrogen-bond donors (Lipinski definition) is 1. The molecule has 19 heavy (non-hydrogen) atoms. The van der Waals surface area contributed by atoms with Gasteiger partial charge >= 0.3 is 0 Å². The molecule has 0 saturated heterocycles. The summed E-state index contributed by atoms with van der Waals surface area (Å²) < 4.78 is 25.9. The fourth-order valence-electron chi connectivity index (χ4n) is 1.66. The van der Waals surface area contributed by atoms with Crippen LogP contribution in [0.1, 0.15) is 24.2 Å². The van der Waals surface area contributed by atoms with E-state index in [9.17, 15) is 13.2 Å². The molecule has 106 valence electrons. The lowest BCUT2D eigenvalue weighted by molar-refractivity contribution is 0.0537. The summed E-state index contributed by atoms with van der Waals surface area (Å²) in [6.07, 6.45) is 0. The zero-order valence-corrected chi connectivity index (χ0v) is 12.0. The molecule has 0 aromatic heterocycles. The molecule has 1 aromatic carbocycles. The lowest BCUT2D eigenvalue weighted by Crippen LogP contribution is -2.31. The van der Waals surface area contributed by atoms with Crippen LogP contribution in [-0.4, -0.2) is 38.8 Å². The molecule has 0 saturated carbocycles. The van der Waals surface area contributed by atoms with Crippen molar-refractivity contribution in [2.45, 2.75) is 18.7 Å². The van der Waals surface area contributed by atoms with E-state index < -0.39 is 15.9 Å². The van der Waals surface area contributed by atoms with Gasteiger partial charge in [-0.15, -0.1) is 0 Å². The summed E-state index contributed by atoms with van der Waals surface area (Å²) in [4.78, 5) is 16.2. The van der Waals surface area contributed by atoms with E-state index in [0.717, 1.165) is 0 Å². The van der Waals surface area contributed by atoms with Crippen molar-refractivity contribution < 1.29 is 18.0 Å². The number of carbonyl (C=O) groups is 1. The number of rotatable bonds is 6. The standard InChI is InChI=1S/C12H18N2O4S/c1-4-14(5-2)19(16,17)11-8-6-7-10(9-11)12(15)13-18-3/h6-9H,4-5H2,1-3H3,(H,13,15). The molecular formula is C12H18N2O4S. The van der Waals surface area contributed by atoms with Gasteiger partial charge in [0.25, 0.3) is 5.91 Å². The van der Waals surface area contributed by atoms with Crippen molar-refractivity contribution in [2.24, 2.45) is 0 Å². The number of nitrogens with one attached hydrogen (secondary N) is 1. The molecule has 0 atom stereocenters. The van der Waals surface area contributed by atoms with Gasteiger partial charge in [0.1, 0.15) is 0 Å². The van der Waals surface area contributed by atoms with E-state index in [1.54, 1.807) is 13.8 Å². The average molecular weight is 286 g/mol. The molecule has 0 unspecified atom stereocenters. The second-order valence-corrected chi connectivity index (χ2v) is 5.69. The highest BCUT2D eigenvalue weighted by Crippen LogP contribution is 2.16. The minimum Gasteiger partial charge on any atom is -0.277 e. The summed E-state index contributed by atoms with van der Waals surface area (Å²) in [5.41, 5.74) is 2.38.